The Kier molecular flexibility index (Phi) is 1.55. The highest BCUT2D eigenvalue weighted by Gasteiger charge is 2.00. The van der Waals surface area contributed by atoms with Crippen molar-refractivity contribution in [3.8, 4) is 0 Å². The van der Waals surface area contributed by atoms with Crippen molar-refractivity contribution in [2.24, 2.45) is 0 Å². The summed E-state index contributed by atoms with van der Waals surface area (Å²) in [5, 5.41) is 0.527. The van der Waals surface area contributed by atoms with E-state index in [4.69, 9.17) is 5.73 Å². The van der Waals surface area contributed by atoms with E-state index in [1.54, 1.807) is 0 Å². The van der Waals surface area contributed by atoms with E-state index in [1.165, 1.54) is 24.3 Å². The van der Waals surface area contributed by atoms with Crippen LogP contribution in [-0.4, -0.2) is 4.98 Å². The quantitative estimate of drug-likeness (QED) is 0.637. The lowest BCUT2D eigenvalue weighted by Gasteiger charge is -2.00. The van der Waals surface area contributed by atoms with Crippen LogP contribution in [-0.2, 0) is 0 Å². The maximum atomic E-state index is 12.8. The van der Waals surface area contributed by atoms with E-state index in [1.807, 2.05) is 0 Å². The van der Waals surface area contributed by atoms with Gasteiger partial charge in [-0.15, -0.1) is 0 Å². The molecule has 0 spiro atoms. The van der Waals surface area contributed by atoms with E-state index in [2.05, 4.69) is 4.98 Å². The van der Waals surface area contributed by atoms with Crippen molar-refractivity contribution in [3.05, 3.63) is 40.4 Å². The first-order chi connectivity index (χ1) is 6.16. The number of nitrogens with one attached hydrogen (secondary N) is 1. The molecule has 3 N–H and O–H groups in total. The maximum Gasteiger partial charge on any atom is 0.250 e. The molecule has 0 aliphatic carbocycles. The Balaban J connectivity index is 2.95. The van der Waals surface area contributed by atoms with Gasteiger partial charge in [0.05, 0.1) is 5.52 Å². The molecule has 0 atom stereocenters. The SMILES string of the molecule is Nc1cc(=O)[nH]c2ccc(F)cc12. The van der Waals surface area contributed by atoms with E-state index in [0.29, 0.717) is 16.6 Å². The second-order valence-electron chi connectivity index (χ2n) is 2.78. The van der Waals surface area contributed by atoms with Crippen LogP contribution in [0.4, 0.5) is 10.1 Å². The Hall–Kier alpha value is -1.84. The Bertz CT molecular complexity index is 518. The molecule has 0 radical (unpaired) electrons. The molecular weight excluding hydrogens is 171 g/mol. The van der Waals surface area contributed by atoms with Crippen molar-refractivity contribution in [1.29, 1.82) is 0 Å². The lowest BCUT2D eigenvalue weighted by molar-refractivity contribution is 0.629. The molecule has 1 heterocycles. The Labute approximate surface area is 73.0 Å². The average molecular weight is 178 g/mol. The molecule has 13 heavy (non-hydrogen) atoms. The number of aromatic nitrogens is 1. The van der Waals surface area contributed by atoms with E-state index in [-0.39, 0.29) is 11.4 Å². The molecule has 1 aromatic heterocycles. The molecule has 0 amide bonds. The van der Waals surface area contributed by atoms with Gasteiger partial charge in [0.1, 0.15) is 5.82 Å². The van der Waals surface area contributed by atoms with E-state index >= 15 is 0 Å². The van der Waals surface area contributed by atoms with Gasteiger partial charge < -0.3 is 10.7 Å². The zero-order valence-corrected chi connectivity index (χ0v) is 6.67. The van der Waals surface area contributed by atoms with Gasteiger partial charge in [-0.25, -0.2) is 4.39 Å². The van der Waals surface area contributed by atoms with Gasteiger partial charge in [0.2, 0.25) is 5.56 Å². The second-order valence-corrected chi connectivity index (χ2v) is 2.78. The van der Waals surface area contributed by atoms with Gasteiger partial charge in [0.15, 0.2) is 0 Å². The number of pyridine rings is 1. The number of fused-ring (bicyclic) bond motifs is 1. The standard InChI is InChI=1S/C9H7FN2O/c10-5-1-2-8-6(3-5)7(11)4-9(13)12-8/h1-4H,(H3,11,12,13). The summed E-state index contributed by atoms with van der Waals surface area (Å²) in [6.45, 7) is 0. The molecule has 0 unspecified atom stereocenters. The molecule has 2 rings (SSSR count). The van der Waals surface area contributed by atoms with E-state index in [0.717, 1.165) is 0 Å². The Morgan fingerprint density at radius 2 is 2.08 bits per heavy atom. The van der Waals surface area contributed by atoms with Crippen molar-refractivity contribution >= 4 is 16.6 Å². The second kappa shape index (κ2) is 2.58. The molecule has 0 bridgehead atoms. The largest absolute Gasteiger partial charge is 0.398 e. The van der Waals surface area contributed by atoms with Crippen molar-refractivity contribution < 1.29 is 4.39 Å². The molecule has 0 fully saturated rings. The van der Waals surface area contributed by atoms with Crippen LogP contribution in [0.15, 0.2) is 29.1 Å². The predicted octanol–water partition coefficient (Wildman–Crippen LogP) is 1.25. The molecular formula is C9H7FN2O. The third-order valence-corrected chi connectivity index (χ3v) is 1.84. The van der Waals surface area contributed by atoms with Gasteiger partial charge >= 0.3 is 0 Å². The summed E-state index contributed by atoms with van der Waals surface area (Å²) in [5.41, 5.74) is 6.10. The minimum atomic E-state index is -0.369. The molecule has 0 aliphatic heterocycles. The van der Waals surface area contributed by atoms with Gasteiger partial charge in [0.25, 0.3) is 0 Å². The lowest BCUT2D eigenvalue weighted by atomic mass is 10.2. The number of hydrogen-bond acceptors (Lipinski definition) is 2. The molecule has 0 saturated carbocycles. The molecule has 0 aliphatic rings. The topological polar surface area (TPSA) is 58.9 Å². The monoisotopic (exact) mass is 178 g/mol. The Morgan fingerprint density at radius 3 is 2.85 bits per heavy atom. The summed E-state index contributed by atoms with van der Waals surface area (Å²) in [5.74, 6) is -0.369. The smallest absolute Gasteiger partial charge is 0.250 e. The normalized spacial score (nSPS) is 10.5. The first-order valence-electron chi connectivity index (χ1n) is 3.75. The van der Waals surface area contributed by atoms with Gasteiger partial charge in [-0.1, -0.05) is 0 Å². The molecule has 66 valence electrons. The fourth-order valence-electron chi connectivity index (χ4n) is 1.25. The lowest BCUT2D eigenvalue weighted by Crippen LogP contribution is -2.06. The summed E-state index contributed by atoms with van der Waals surface area (Å²) >= 11 is 0. The van der Waals surface area contributed by atoms with Crippen LogP contribution in [0.3, 0.4) is 0 Å². The van der Waals surface area contributed by atoms with E-state index < -0.39 is 0 Å². The fraction of sp³-hybridized carbons (Fsp3) is 0. The molecule has 1 aromatic carbocycles. The molecule has 3 nitrogen and oxygen atoms in total. The van der Waals surface area contributed by atoms with Gasteiger partial charge in [0, 0.05) is 17.1 Å². The highest BCUT2D eigenvalue weighted by atomic mass is 19.1. The average Bonchev–Trinajstić information content (AvgIpc) is 2.06. The van der Waals surface area contributed by atoms with Crippen LogP contribution in [0.25, 0.3) is 10.9 Å². The van der Waals surface area contributed by atoms with Crippen molar-refractivity contribution in [1.82, 2.24) is 4.98 Å². The number of hydrogen-bond donors (Lipinski definition) is 2. The number of H-pyrrole nitrogens is 1. The summed E-state index contributed by atoms with van der Waals surface area (Å²) < 4.78 is 12.8. The van der Waals surface area contributed by atoms with Gasteiger partial charge in [-0.05, 0) is 18.2 Å². The van der Waals surface area contributed by atoms with Crippen LogP contribution in [0.5, 0.6) is 0 Å². The molecule has 0 saturated heterocycles. The van der Waals surface area contributed by atoms with Crippen LogP contribution in [0.2, 0.25) is 0 Å². The maximum absolute atomic E-state index is 12.8. The highest BCUT2D eigenvalue weighted by molar-refractivity contribution is 5.89. The number of halogens is 1. The third-order valence-electron chi connectivity index (χ3n) is 1.84. The van der Waals surface area contributed by atoms with Crippen LogP contribution < -0.4 is 11.3 Å². The zero-order valence-electron chi connectivity index (χ0n) is 6.67. The number of benzene rings is 1. The number of nitrogen functional groups attached to an aromatic ring is 1. The zero-order chi connectivity index (χ0) is 9.42. The molecule has 2 aromatic rings. The van der Waals surface area contributed by atoms with Gasteiger partial charge in [-0.3, -0.25) is 4.79 Å². The van der Waals surface area contributed by atoms with Crippen molar-refractivity contribution in [2.75, 3.05) is 5.73 Å². The fourth-order valence-corrected chi connectivity index (χ4v) is 1.25. The van der Waals surface area contributed by atoms with Gasteiger partial charge in [-0.2, -0.15) is 0 Å². The number of rotatable bonds is 0. The van der Waals surface area contributed by atoms with E-state index in [9.17, 15) is 9.18 Å². The summed E-state index contributed by atoms with van der Waals surface area (Å²) in [6.07, 6.45) is 0. The number of nitrogens with two attached hydrogens (primary N) is 1. The predicted molar refractivity (Wildman–Crippen MR) is 48.9 cm³/mol. The Morgan fingerprint density at radius 1 is 1.31 bits per heavy atom. The first kappa shape index (κ1) is 7.79. The van der Waals surface area contributed by atoms with Crippen LogP contribution in [0, 0.1) is 5.82 Å². The van der Waals surface area contributed by atoms with Crippen molar-refractivity contribution in [3.63, 3.8) is 0 Å². The number of aromatic amines is 1. The molecule has 4 heteroatoms. The van der Waals surface area contributed by atoms with Crippen LogP contribution >= 0.6 is 0 Å². The summed E-state index contributed by atoms with van der Waals surface area (Å²) in [6, 6.07) is 5.29. The van der Waals surface area contributed by atoms with Crippen molar-refractivity contribution in [2.45, 2.75) is 0 Å². The minimum Gasteiger partial charge on any atom is -0.398 e. The first-order valence-corrected chi connectivity index (χ1v) is 3.75. The summed E-state index contributed by atoms with van der Waals surface area (Å²) in [4.78, 5) is 13.5. The third kappa shape index (κ3) is 1.26. The highest BCUT2D eigenvalue weighted by Crippen LogP contribution is 2.17. The minimum absolute atomic E-state index is 0.281. The number of anilines is 1. The summed E-state index contributed by atoms with van der Waals surface area (Å²) in [7, 11) is 0. The van der Waals surface area contributed by atoms with Crippen LogP contribution in [0.1, 0.15) is 0 Å².